The van der Waals surface area contributed by atoms with Gasteiger partial charge < -0.3 is 58.0 Å². The van der Waals surface area contributed by atoms with E-state index in [2.05, 4.69) is 74.5 Å². The summed E-state index contributed by atoms with van der Waals surface area (Å²) < 4.78 is 58.2. The average Bonchev–Trinajstić information content (AvgIpc) is 3.67. The van der Waals surface area contributed by atoms with Crippen LogP contribution in [0.15, 0.2) is 23.3 Å². The van der Waals surface area contributed by atoms with E-state index < -0.39 is 54.3 Å². The monoisotopic (exact) mass is 929 g/mol. The largest absolute Gasteiger partial charge is 0.391 e. The van der Waals surface area contributed by atoms with Crippen molar-refractivity contribution in [3.63, 3.8) is 0 Å². The minimum absolute atomic E-state index is 0. The van der Waals surface area contributed by atoms with E-state index in [1.165, 1.54) is 0 Å². The van der Waals surface area contributed by atoms with E-state index in [1.807, 2.05) is 27.7 Å². The quantitative estimate of drug-likeness (QED) is 0.106. The van der Waals surface area contributed by atoms with Crippen LogP contribution in [0, 0.1) is 28.1 Å². The van der Waals surface area contributed by atoms with Gasteiger partial charge in [0.25, 0.3) is 0 Å². The molecule has 65 heavy (non-hydrogen) atoms. The van der Waals surface area contributed by atoms with Crippen molar-refractivity contribution in [2.45, 2.75) is 254 Å². The van der Waals surface area contributed by atoms with Gasteiger partial charge in [0.2, 0.25) is 0 Å². The molecule has 5 rings (SSSR count). The molecule has 12 heteroatoms. The van der Waals surface area contributed by atoms with Gasteiger partial charge in [0.1, 0.15) is 18.3 Å². The van der Waals surface area contributed by atoms with Crippen LogP contribution in [0.5, 0.6) is 0 Å². The maximum atomic E-state index is 11.1. The Kier molecular flexibility index (Phi) is 21.7. The lowest BCUT2D eigenvalue weighted by atomic mass is 9.57. The van der Waals surface area contributed by atoms with Crippen molar-refractivity contribution >= 4 is 0 Å². The second-order valence-corrected chi connectivity index (χ2v) is 21.7. The third-order valence-electron chi connectivity index (χ3n) is 15.9. The zero-order valence-corrected chi connectivity index (χ0v) is 43.2. The average molecular weight is 929 g/mol. The number of hydrogen-bond acceptors (Lipinski definition) is 12. The van der Waals surface area contributed by atoms with Crippen molar-refractivity contribution in [3.8, 4) is 0 Å². The van der Waals surface area contributed by atoms with Crippen LogP contribution in [0.1, 0.15) is 170 Å². The molecule has 0 bridgehead atoms. The Hall–Kier alpha value is -1.00. The van der Waals surface area contributed by atoms with Crippen molar-refractivity contribution < 1.29 is 59.4 Å². The van der Waals surface area contributed by atoms with E-state index in [0.29, 0.717) is 51.4 Å². The smallest absolute Gasteiger partial charge is 0.171 e. The minimum Gasteiger partial charge on any atom is -0.391 e. The minimum atomic E-state index is -1.09. The molecule has 1 spiro atoms. The Bertz CT molecular complexity index is 1510. The van der Waals surface area contributed by atoms with Crippen LogP contribution in [0.2, 0.25) is 0 Å². The summed E-state index contributed by atoms with van der Waals surface area (Å²) in [5.41, 5.74) is 1.55. The van der Waals surface area contributed by atoms with E-state index >= 15 is 0 Å². The highest BCUT2D eigenvalue weighted by atomic mass is 16.7. The molecule has 384 valence electrons. The molecule has 1 unspecified atom stereocenters. The number of aliphatic hydroxyl groups excluding tert-OH is 3. The first-order valence-electron chi connectivity index (χ1n) is 25.0. The Morgan fingerprint density at radius 3 is 2.31 bits per heavy atom. The fraction of sp³-hybridized carbons (Fsp3) is 0.925. The second kappa shape index (κ2) is 24.2. The van der Waals surface area contributed by atoms with Gasteiger partial charge in [-0.1, -0.05) is 88.8 Å². The maximum Gasteiger partial charge on any atom is 0.171 e. The molecule has 0 amide bonds. The summed E-state index contributed by atoms with van der Waals surface area (Å²) in [7, 11) is 3.19. The zero-order valence-electron chi connectivity index (χ0n) is 43.2. The molecule has 3 N–H and O–H groups in total. The molecule has 4 heterocycles. The predicted octanol–water partition coefficient (Wildman–Crippen LogP) is 9.98. The van der Waals surface area contributed by atoms with E-state index in [0.717, 1.165) is 43.3 Å². The molecule has 1 aliphatic carbocycles. The fourth-order valence-corrected chi connectivity index (χ4v) is 11.4. The van der Waals surface area contributed by atoms with Crippen LogP contribution in [-0.4, -0.2) is 134 Å². The summed E-state index contributed by atoms with van der Waals surface area (Å²) in [5, 5.41) is 32.5. The van der Waals surface area contributed by atoms with Crippen LogP contribution in [0.25, 0.3) is 0 Å². The Balaban J connectivity index is 0.00000369. The molecule has 12 nitrogen and oxygen atoms in total. The summed E-state index contributed by atoms with van der Waals surface area (Å²) in [6.45, 7) is 33.1. The van der Waals surface area contributed by atoms with Crippen molar-refractivity contribution in [1.29, 1.82) is 0 Å². The molecule has 4 fully saturated rings. The lowest BCUT2D eigenvalue weighted by Crippen LogP contribution is -2.57. The first kappa shape index (κ1) is 58.3. The summed E-state index contributed by atoms with van der Waals surface area (Å²) in [5.74, 6) is -1.19. The van der Waals surface area contributed by atoms with E-state index in [-0.39, 0.29) is 61.5 Å². The first-order valence-corrected chi connectivity index (χ1v) is 25.0. The highest BCUT2D eigenvalue weighted by molar-refractivity contribution is 5.26. The van der Waals surface area contributed by atoms with Gasteiger partial charge in [-0.25, -0.2) is 0 Å². The van der Waals surface area contributed by atoms with Crippen molar-refractivity contribution in [2.75, 3.05) is 34.0 Å². The Morgan fingerprint density at radius 2 is 1.71 bits per heavy atom. The van der Waals surface area contributed by atoms with Crippen LogP contribution in [0.4, 0.5) is 0 Å². The van der Waals surface area contributed by atoms with Crippen LogP contribution in [0.3, 0.4) is 0 Å². The number of rotatable bonds is 19. The fourth-order valence-electron chi connectivity index (χ4n) is 11.4. The highest BCUT2D eigenvalue weighted by Crippen LogP contribution is 2.56. The molecule has 5 aliphatic rings. The van der Waals surface area contributed by atoms with Gasteiger partial charge in [0, 0.05) is 65.4 Å². The molecular formula is C53H100O12. The van der Waals surface area contributed by atoms with Crippen molar-refractivity contribution in [1.82, 2.24) is 0 Å². The number of methoxy groups -OCH3 is 2. The number of fused-ring (bicyclic) bond motifs is 1. The van der Waals surface area contributed by atoms with Gasteiger partial charge in [-0.2, -0.15) is 0 Å². The summed E-state index contributed by atoms with van der Waals surface area (Å²) in [6.07, 6.45) is 6.34. The van der Waals surface area contributed by atoms with E-state index in [9.17, 15) is 15.3 Å². The molecular weight excluding hydrogens is 829 g/mol. The first-order chi connectivity index (χ1) is 30.0. The van der Waals surface area contributed by atoms with Crippen molar-refractivity contribution in [2.24, 2.45) is 28.1 Å². The van der Waals surface area contributed by atoms with Gasteiger partial charge >= 0.3 is 0 Å². The Labute approximate surface area is 397 Å². The SMILES string of the molecule is C.CC.CCC(C)(C)[C@@H]1O[C@]2(CC[C@H]1C)C[C@@H](OC[C@@]1(C)C=C(C)[C@@H](O)C3OCC[C@@]31C)C[C@@H](C/C=C(\C)[C@H](OCC[C@H](OC)[C@H](O[C@]1(C)C[C@H](OC)[C@H](O)[C@H](C)O1)[C@H](C)O)C(C)C)O2.[HH]. The number of hydrogen-bond donors (Lipinski definition) is 3. The lowest BCUT2D eigenvalue weighted by Gasteiger charge is -2.54. The standard InChI is InChI=1S/C50H88O12.C2H6.CH4.H2/c1-16-46(9,10)44-32(5)19-21-50(62-44)27-37(58-29-47(11)26-33(6)40(52)45-48(47,12)22-24-57-45)25-36(60-50)18-17-31(4)42(30(2)3)56-23-20-38(54-14)43(34(7)51)61-49(13)28-39(55-15)41(53)35(8)59-49;1-2;;/h17,26,30,32,34-45,51-53H,16,18-25,27-29H2,1-15H3;1-2H3;1H4;1H/b31-17+;;;/t32-,34+,35+,36-,37+,38+,39+,40-,41-,42-,43-,44-,45?,47-,48+,49-,50-;;;/m1.../s1. The molecule has 0 aromatic carbocycles. The van der Waals surface area contributed by atoms with Gasteiger partial charge in [-0.3, -0.25) is 0 Å². The van der Waals surface area contributed by atoms with Gasteiger partial charge in [-0.15, -0.1) is 0 Å². The third kappa shape index (κ3) is 13.5. The maximum absolute atomic E-state index is 11.1. The summed E-state index contributed by atoms with van der Waals surface area (Å²) in [6, 6.07) is 0. The Morgan fingerprint density at radius 1 is 1.03 bits per heavy atom. The number of aliphatic hydroxyl groups is 3. The van der Waals surface area contributed by atoms with Gasteiger partial charge in [0.15, 0.2) is 11.6 Å². The molecule has 0 aromatic rings. The third-order valence-corrected chi connectivity index (χ3v) is 15.9. The van der Waals surface area contributed by atoms with Crippen LogP contribution >= 0.6 is 0 Å². The van der Waals surface area contributed by atoms with E-state index in [4.69, 9.17) is 42.6 Å². The number of ether oxygens (including phenoxy) is 9. The predicted molar refractivity (Wildman–Crippen MR) is 260 cm³/mol. The molecule has 0 radical (unpaired) electrons. The topological polar surface area (TPSA) is 144 Å². The van der Waals surface area contributed by atoms with Crippen molar-refractivity contribution in [3.05, 3.63) is 23.3 Å². The molecule has 4 aliphatic heterocycles. The normalized spacial score (nSPS) is 39.7. The van der Waals surface area contributed by atoms with Crippen LogP contribution < -0.4 is 0 Å². The van der Waals surface area contributed by atoms with Gasteiger partial charge in [0.05, 0.1) is 61.5 Å². The summed E-state index contributed by atoms with van der Waals surface area (Å²) in [4.78, 5) is 0. The zero-order chi connectivity index (χ0) is 48.0. The summed E-state index contributed by atoms with van der Waals surface area (Å²) >= 11 is 0. The molecule has 0 saturated carbocycles. The van der Waals surface area contributed by atoms with Gasteiger partial charge in [-0.05, 0) is 95.1 Å². The molecule has 17 atom stereocenters. The molecule has 4 saturated heterocycles. The highest BCUT2D eigenvalue weighted by Gasteiger charge is 2.58. The lowest BCUT2D eigenvalue weighted by molar-refractivity contribution is -0.350. The van der Waals surface area contributed by atoms with E-state index in [1.54, 1.807) is 28.1 Å². The van der Waals surface area contributed by atoms with Crippen LogP contribution in [-0.2, 0) is 42.6 Å². The molecule has 0 aromatic heterocycles. The second-order valence-electron chi connectivity index (χ2n) is 21.7.